The minimum Gasteiger partial charge on any atom is -0.314 e. The molecule has 6 heteroatoms. The van der Waals surface area contributed by atoms with Crippen molar-refractivity contribution in [3.05, 3.63) is 10.6 Å². The lowest BCUT2D eigenvalue weighted by Crippen LogP contribution is -2.46. The van der Waals surface area contributed by atoms with Gasteiger partial charge in [0.2, 0.25) is 5.91 Å². The summed E-state index contributed by atoms with van der Waals surface area (Å²) in [4.78, 5) is 19.4. The molecular weight excluding hydrogens is 236 g/mol. The Bertz CT molecular complexity index is 379. The minimum absolute atomic E-state index is 0.0284. The number of carbonyl (C=O) groups excluding carboxylic acids is 1. The zero-order chi connectivity index (χ0) is 12.3. The van der Waals surface area contributed by atoms with E-state index in [1.165, 1.54) is 11.3 Å². The molecule has 0 aromatic carbocycles. The van der Waals surface area contributed by atoms with Crippen molar-refractivity contribution in [1.82, 2.24) is 15.2 Å². The van der Waals surface area contributed by atoms with Crippen molar-refractivity contribution >= 4 is 22.4 Å². The number of carbonyl (C=O) groups is 1. The van der Waals surface area contributed by atoms with Crippen LogP contribution in [-0.2, 0) is 4.79 Å². The molecule has 0 radical (unpaired) electrons. The third-order valence-corrected chi connectivity index (χ3v) is 3.84. The van der Waals surface area contributed by atoms with Gasteiger partial charge >= 0.3 is 0 Å². The molecule has 1 fully saturated rings. The first-order valence-electron chi connectivity index (χ1n) is 5.82. The van der Waals surface area contributed by atoms with E-state index in [1.54, 1.807) is 0 Å². The summed E-state index contributed by atoms with van der Waals surface area (Å²) >= 11 is 1.53. The first-order valence-corrected chi connectivity index (χ1v) is 6.64. The van der Waals surface area contributed by atoms with Crippen LogP contribution in [0, 0.1) is 13.8 Å². The van der Waals surface area contributed by atoms with Crippen molar-refractivity contribution in [2.24, 2.45) is 0 Å². The van der Waals surface area contributed by atoms with Crippen molar-refractivity contribution < 1.29 is 4.79 Å². The number of anilines is 1. The predicted octanol–water partition coefficient (Wildman–Crippen LogP) is 0.604. The van der Waals surface area contributed by atoms with Crippen LogP contribution in [0.2, 0.25) is 0 Å². The van der Waals surface area contributed by atoms with Gasteiger partial charge in [-0.1, -0.05) is 0 Å². The fourth-order valence-corrected chi connectivity index (χ4v) is 2.59. The van der Waals surface area contributed by atoms with Gasteiger partial charge in [-0.25, -0.2) is 4.98 Å². The van der Waals surface area contributed by atoms with Crippen LogP contribution in [0.5, 0.6) is 0 Å². The summed E-state index contributed by atoms with van der Waals surface area (Å²) in [5.74, 6) is 0.0284. The molecule has 0 unspecified atom stereocenters. The average molecular weight is 254 g/mol. The summed E-state index contributed by atoms with van der Waals surface area (Å²) in [7, 11) is 0. The molecule has 5 nitrogen and oxygen atoms in total. The van der Waals surface area contributed by atoms with Gasteiger partial charge in [0, 0.05) is 31.1 Å². The Balaban J connectivity index is 1.84. The average Bonchev–Trinajstić information content (AvgIpc) is 2.59. The van der Waals surface area contributed by atoms with Crippen molar-refractivity contribution in [2.45, 2.75) is 13.8 Å². The lowest BCUT2D eigenvalue weighted by atomic mass is 10.3. The number of piperazine rings is 1. The topological polar surface area (TPSA) is 57.3 Å². The molecule has 1 saturated heterocycles. The van der Waals surface area contributed by atoms with Crippen LogP contribution in [0.3, 0.4) is 0 Å². The molecule has 1 aliphatic rings. The van der Waals surface area contributed by atoms with E-state index >= 15 is 0 Å². The standard InChI is InChI=1S/C11H18N4OS/c1-8-9(2)17-11(13-8)14-10(16)7-15-5-3-12-4-6-15/h12H,3-7H2,1-2H3,(H,13,14,16). The number of hydrogen-bond donors (Lipinski definition) is 2. The van der Waals surface area contributed by atoms with Crippen LogP contribution in [0.4, 0.5) is 5.13 Å². The Morgan fingerprint density at radius 3 is 2.76 bits per heavy atom. The van der Waals surface area contributed by atoms with Crippen LogP contribution < -0.4 is 10.6 Å². The number of aryl methyl sites for hydroxylation is 2. The maximum Gasteiger partial charge on any atom is 0.240 e. The zero-order valence-corrected chi connectivity index (χ0v) is 11.1. The maximum absolute atomic E-state index is 11.8. The second kappa shape index (κ2) is 5.57. The van der Waals surface area contributed by atoms with Crippen LogP contribution in [-0.4, -0.2) is 48.5 Å². The van der Waals surface area contributed by atoms with Gasteiger partial charge in [-0.05, 0) is 13.8 Å². The monoisotopic (exact) mass is 254 g/mol. The summed E-state index contributed by atoms with van der Waals surface area (Å²) in [6.45, 7) is 8.22. The van der Waals surface area contributed by atoms with Crippen LogP contribution in [0.15, 0.2) is 0 Å². The lowest BCUT2D eigenvalue weighted by molar-refractivity contribution is -0.117. The van der Waals surface area contributed by atoms with E-state index in [2.05, 4.69) is 20.5 Å². The third kappa shape index (κ3) is 3.49. The SMILES string of the molecule is Cc1nc(NC(=O)CN2CCNCC2)sc1C. The Kier molecular flexibility index (Phi) is 4.09. The molecule has 94 valence electrons. The summed E-state index contributed by atoms with van der Waals surface area (Å²) in [5.41, 5.74) is 0.993. The molecule has 0 atom stereocenters. The molecule has 1 aromatic rings. The number of nitrogens with zero attached hydrogens (tertiary/aromatic N) is 2. The van der Waals surface area contributed by atoms with Gasteiger partial charge in [-0.2, -0.15) is 0 Å². The summed E-state index contributed by atoms with van der Waals surface area (Å²) < 4.78 is 0. The number of amides is 1. The van der Waals surface area contributed by atoms with Gasteiger partial charge < -0.3 is 10.6 Å². The Morgan fingerprint density at radius 2 is 2.18 bits per heavy atom. The number of hydrogen-bond acceptors (Lipinski definition) is 5. The molecule has 2 heterocycles. The first kappa shape index (κ1) is 12.5. The fourth-order valence-electron chi connectivity index (χ4n) is 1.76. The normalized spacial score (nSPS) is 17.1. The molecule has 1 amide bonds. The Labute approximate surface area is 105 Å². The van der Waals surface area contributed by atoms with Crippen molar-refractivity contribution in [2.75, 3.05) is 38.0 Å². The number of aromatic nitrogens is 1. The number of thiazole rings is 1. The van der Waals surface area contributed by atoms with Crippen LogP contribution in [0.1, 0.15) is 10.6 Å². The van der Waals surface area contributed by atoms with Crippen LogP contribution in [0.25, 0.3) is 0 Å². The highest BCUT2D eigenvalue weighted by atomic mass is 32.1. The first-order chi connectivity index (χ1) is 8.15. The van der Waals surface area contributed by atoms with Gasteiger partial charge in [0.05, 0.1) is 12.2 Å². The van der Waals surface area contributed by atoms with Gasteiger partial charge in [0.25, 0.3) is 0 Å². The van der Waals surface area contributed by atoms with Crippen molar-refractivity contribution in [1.29, 1.82) is 0 Å². The highest BCUT2D eigenvalue weighted by molar-refractivity contribution is 7.15. The quantitative estimate of drug-likeness (QED) is 0.829. The van der Waals surface area contributed by atoms with Crippen molar-refractivity contribution in [3.63, 3.8) is 0 Å². The van der Waals surface area contributed by atoms with Gasteiger partial charge in [0.1, 0.15) is 0 Å². The summed E-state index contributed by atoms with van der Waals surface area (Å²) in [6.07, 6.45) is 0. The molecule has 0 saturated carbocycles. The van der Waals surface area contributed by atoms with E-state index in [9.17, 15) is 4.79 Å². The molecular formula is C11H18N4OS. The minimum atomic E-state index is 0.0284. The molecule has 1 aliphatic heterocycles. The maximum atomic E-state index is 11.8. The number of rotatable bonds is 3. The molecule has 17 heavy (non-hydrogen) atoms. The highest BCUT2D eigenvalue weighted by Gasteiger charge is 2.14. The van der Waals surface area contributed by atoms with E-state index in [1.807, 2.05) is 13.8 Å². The summed E-state index contributed by atoms with van der Waals surface area (Å²) in [6, 6.07) is 0. The second-order valence-electron chi connectivity index (χ2n) is 4.23. The summed E-state index contributed by atoms with van der Waals surface area (Å²) in [5, 5.41) is 6.83. The van der Waals surface area contributed by atoms with Gasteiger partial charge in [-0.15, -0.1) is 11.3 Å². The smallest absolute Gasteiger partial charge is 0.240 e. The van der Waals surface area contributed by atoms with Crippen LogP contribution >= 0.6 is 11.3 Å². The molecule has 2 N–H and O–H groups in total. The largest absolute Gasteiger partial charge is 0.314 e. The van der Waals surface area contributed by atoms with E-state index in [0.717, 1.165) is 36.8 Å². The second-order valence-corrected chi connectivity index (χ2v) is 5.44. The van der Waals surface area contributed by atoms with Crippen molar-refractivity contribution in [3.8, 4) is 0 Å². The highest BCUT2D eigenvalue weighted by Crippen LogP contribution is 2.20. The van der Waals surface area contributed by atoms with Gasteiger partial charge in [0.15, 0.2) is 5.13 Å². The van der Waals surface area contributed by atoms with E-state index in [-0.39, 0.29) is 5.91 Å². The van der Waals surface area contributed by atoms with E-state index in [0.29, 0.717) is 11.7 Å². The van der Waals surface area contributed by atoms with E-state index in [4.69, 9.17) is 0 Å². The number of nitrogens with one attached hydrogen (secondary N) is 2. The van der Waals surface area contributed by atoms with Gasteiger partial charge in [-0.3, -0.25) is 9.69 Å². The predicted molar refractivity (Wildman–Crippen MR) is 69.5 cm³/mol. The molecule has 0 bridgehead atoms. The van der Waals surface area contributed by atoms with E-state index < -0.39 is 0 Å². The molecule has 1 aromatic heterocycles. The molecule has 0 aliphatic carbocycles. The Morgan fingerprint density at radius 1 is 1.47 bits per heavy atom. The molecule has 2 rings (SSSR count). The lowest BCUT2D eigenvalue weighted by Gasteiger charge is -2.26. The third-order valence-electron chi connectivity index (χ3n) is 2.85. The zero-order valence-electron chi connectivity index (χ0n) is 10.2. The molecule has 0 spiro atoms. The Hall–Kier alpha value is -0.980. The fraction of sp³-hybridized carbons (Fsp3) is 0.636.